The molecule has 0 spiro atoms. The van der Waals surface area contributed by atoms with Gasteiger partial charge in [-0.1, -0.05) is 54.6 Å². The van der Waals surface area contributed by atoms with E-state index in [1.54, 1.807) is 0 Å². The molecule has 0 amide bonds. The fraction of sp³-hybridized carbons (Fsp3) is 0.304. The lowest BCUT2D eigenvalue weighted by Gasteiger charge is -2.26. The van der Waals surface area contributed by atoms with E-state index in [-0.39, 0.29) is 13.2 Å². The molecule has 4 aromatic carbocycles. The Labute approximate surface area is 153 Å². The highest BCUT2D eigenvalue weighted by Gasteiger charge is 2.20. The van der Waals surface area contributed by atoms with Crippen LogP contribution in [0, 0.1) is 0 Å². The van der Waals surface area contributed by atoms with E-state index in [2.05, 4.69) is 59.9 Å². The average Bonchev–Trinajstić information content (AvgIpc) is 2.70. The summed E-state index contributed by atoms with van der Waals surface area (Å²) in [5.74, 6) is 0. The molecule has 0 saturated carbocycles. The van der Waals surface area contributed by atoms with E-state index in [9.17, 15) is 10.2 Å². The lowest BCUT2D eigenvalue weighted by molar-refractivity contribution is 0.104. The maximum absolute atomic E-state index is 9.38. The van der Waals surface area contributed by atoms with E-state index in [1.165, 1.54) is 37.9 Å². The van der Waals surface area contributed by atoms with E-state index in [0.29, 0.717) is 0 Å². The van der Waals surface area contributed by atoms with Crippen LogP contribution in [0.3, 0.4) is 0 Å². The molecule has 0 bridgehead atoms. The highest BCUT2D eigenvalue weighted by molar-refractivity contribution is 6.23. The van der Waals surface area contributed by atoms with Crippen molar-refractivity contribution in [1.82, 2.24) is 5.32 Å². The van der Waals surface area contributed by atoms with Crippen molar-refractivity contribution in [2.24, 2.45) is 0 Å². The smallest absolute Gasteiger partial charge is 0.0633 e. The van der Waals surface area contributed by atoms with Crippen molar-refractivity contribution in [2.75, 3.05) is 19.8 Å². The van der Waals surface area contributed by atoms with Gasteiger partial charge in [-0.05, 0) is 64.2 Å². The van der Waals surface area contributed by atoms with Gasteiger partial charge in [0.25, 0.3) is 0 Å². The minimum absolute atomic E-state index is 0.0672. The molecule has 0 aliphatic heterocycles. The summed E-state index contributed by atoms with van der Waals surface area (Å²) in [7, 11) is 0. The van der Waals surface area contributed by atoms with E-state index in [1.807, 2.05) is 6.92 Å². The van der Waals surface area contributed by atoms with Crippen molar-refractivity contribution in [3.63, 3.8) is 0 Å². The maximum Gasteiger partial charge on any atom is 0.0633 e. The molecule has 0 unspecified atom stereocenters. The highest BCUT2D eigenvalue weighted by Crippen LogP contribution is 2.36. The Morgan fingerprint density at radius 1 is 0.808 bits per heavy atom. The molecule has 3 nitrogen and oxygen atoms in total. The van der Waals surface area contributed by atoms with Crippen LogP contribution < -0.4 is 5.32 Å². The normalized spacial score (nSPS) is 12.6. The molecule has 0 aromatic heterocycles. The van der Waals surface area contributed by atoms with Crippen LogP contribution >= 0.6 is 0 Å². The number of hydrogen-bond donors (Lipinski definition) is 3. The summed E-state index contributed by atoms with van der Waals surface area (Å²) in [6.45, 7) is 2.47. The molecule has 134 valence electrons. The second-order valence-electron chi connectivity index (χ2n) is 7.49. The number of benzene rings is 4. The third kappa shape index (κ3) is 2.92. The van der Waals surface area contributed by atoms with Crippen molar-refractivity contribution < 1.29 is 10.2 Å². The summed E-state index contributed by atoms with van der Waals surface area (Å²) >= 11 is 0. The van der Waals surface area contributed by atoms with Crippen molar-refractivity contribution in [1.29, 1.82) is 0 Å². The molecule has 0 aliphatic carbocycles. The van der Waals surface area contributed by atoms with Gasteiger partial charge in [0.1, 0.15) is 0 Å². The van der Waals surface area contributed by atoms with Gasteiger partial charge in [-0.25, -0.2) is 0 Å². The minimum Gasteiger partial charge on any atom is -0.394 e. The van der Waals surface area contributed by atoms with Gasteiger partial charge in [0.05, 0.1) is 18.8 Å². The molecular formula is C23H25NO2. The van der Waals surface area contributed by atoms with Crippen LogP contribution in [0.1, 0.15) is 18.9 Å². The molecule has 4 rings (SSSR count). The Morgan fingerprint density at radius 3 is 2.12 bits per heavy atom. The standard InChI is InChI=1S/C23H25NO2/c1-23(14-25,15-26)24-13-3-6-16-7-8-19-10-9-17-4-2-5-18-11-12-20(16)22(19)21(17)18/h2,4-5,7-12,24-26H,3,6,13-15H2,1H3. The van der Waals surface area contributed by atoms with E-state index >= 15 is 0 Å². The molecule has 0 atom stereocenters. The maximum atomic E-state index is 9.38. The summed E-state index contributed by atoms with van der Waals surface area (Å²) < 4.78 is 0. The second kappa shape index (κ2) is 6.84. The van der Waals surface area contributed by atoms with Gasteiger partial charge in [-0.3, -0.25) is 0 Å². The van der Waals surface area contributed by atoms with Gasteiger partial charge in [-0.2, -0.15) is 0 Å². The molecule has 0 aliphatic rings. The molecule has 0 radical (unpaired) electrons. The van der Waals surface area contributed by atoms with Crippen molar-refractivity contribution in [2.45, 2.75) is 25.3 Å². The summed E-state index contributed by atoms with van der Waals surface area (Å²) in [5, 5.41) is 29.9. The van der Waals surface area contributed by atoms with Crippen molar-refractivity contribution in [3.8, 4) is 0 Å². The quantitative estimate of drug-likeness (QED) is 0.352. The van der Waals surface area contributed by atoms with Gasteiger partial charge in [0.2, 0.25) is 0 Å². The first-order chi connectivity index (χ1) is 12.6. The van der Waals surface area contributed by atoms with Crippen LogP contribution in [-0.2, 0) is 6.42 Å². The van der Waals surface area contributed by atoms with Gasteiger partial charge in [0.15, 0.2) is 0 Å². The van der Waals surface area contributed by atoms with Crippen LogP contribution in [0.25, 0.3) is 32.3 Å². The zero-order valence-corrected chi connectivity index (χ0v) is 15.1. The van der Waals surface area contributed by atoms with Crippen molar-refractivity contribution >= 4 is 32.3 Å². The van der Waals surface area contributed by atoms with Crippen LogP contribution in [0.5, 0.6) is 0 Å². The van der Waals surface area contributed by atoms with Gasteiger partial charge >= 0.3 is 0 Å². The topological polar surface area (TPSA) is 52.5 Å². The zero-order chi connectivity index (χ0) is 18.1. The predicted octanol–water partition coefficient (Wildman–Crippen LogP) is 3.85. The number of aliphatic hydroxyl groups is 2. The first kappa shape index (κ1) is 17.2. The largest absolute Gasteiger partial charge is 0.394 e. The molecule has 26 heavy (non-hydrogen) atoms. The molecular weight excluding hydrogens is 322 g/mol. The van der Waals surface area contributed by atoms with Crippen molar-refractivity contribution in [3.05, 3.63) is 60.2 Å². The zero-order valence-electron chi connectivity index (χ0n) is 15.1. The molecule has 0 heterocycles. The van der Waals surface area contributed by atoms with Gasteiger partial charge in [0, 0.05) is 0 Å². The van der Waals surface area contributed by atoms with E-state index in [0.717, 1.165) is 19.4 Å². The Balaban J connectivity index is 1.64. The van der Waals surface area contributed by atoms with Gasteiger partial charge in [-0.15, -0.1) is 0 Å². The monoisotopic (exact) mass is 347 g/mol. The number of nitrogens with one attached hydrogen (secondary N) is 1. The molecule has 3 N–H and O–H groups in total. The Morgan fingerprint density at radius 2 is 1.42 bits per heavy atom. The van der Waals surface area contributed by atoms with Crippen LogP contribution in [0.15, 0.2) is 54.6 Å². The third-order valence-electron chi connectivity index (χ3n) is 5.49. The van der Waals surface area contributed by atoms with Crippen LogP contribution in [-0.4, -0.2) is 35.5 Å². The van der Waals surface area contributed by atoms with E-state index in [4.69, 9.17) is 0 Å². The van der Waals surface area contributed by atoms with Crippen LogP contribution in [0.4, 0.5) is 0 Å². The third-order valence-corrected chi connectivity index (χ3v) is 5.49. The average molecular weight is 347 g/mol. The Hall–Kier alpha value is -2.20. The first-order valence-electron chi connectivity index (χ1n) is 9.27. The molecule has 3 heteroatoms. The lowest BCUT2D eigenvalue weighted by atomic mass is 9.91. The number of aliphatic hydroxyl groups excluding tert-OH is 2. The number of aryl methyl sites for hydroxylation is 1. The summed E-state index contributed by atoms with van der Waals surface area (Å²) in [6, 6.07) is 19.8. The number of rotatable bonds is 7. The first-order valence-corrected chi connectivity index (χ1v) is 9.27. The summed E-state index contributed by atoms with van der Waals surface area (Å²) in [5.41, 5.74) is 0.745. The fourth-order valence-corrected chi connectivity index (χ4v) is 3.84. The Kier molecular flexibility index (Phi) is 4.53. The summed E-state index contributed by atoms with van der Waals surface area (Å²) in [6.07, 6.45) is 1.92. The van der Waals surface area contributed by atoms with Crippen LogP contribution in [0.2, 0.25) is 0 Å². The predicted molar refractivity (Wildman–Crippen MR) is 109 cm³/mol. The molecule has 0 saturated heterocycles. The summed E-state index contributed by atoms with van der Waals surface area (Å²) in [4.78, 5) is 0. The Bertz CT molecular complexity index is 1020. The highest BCUT2D eigenvalue weighted by atomic mass is 16.3. The number of hydrogen-bond acceptors (Lipinski definition) is 3. The second-order valence-corrected chi connectivity index (χ2v) is 7.49. The van der Waals surface area contributed by atoms with Gasteiger partial charge < -0.3 is 15.5 Å². The molecule has 0 fully saturated rings. The molecule has 4 aromatic rings. The fourth-order valence-electron chi connectivity index (χ4n) is 3.84. The van der Waals surface area contributed by atoms with E-state index < -0.39 is 5.54 Å². The minimum atomic E-state index is -0.608. The SMILES string of the molecule is CC(CO)(CO)NCCCc1ccc2ccc3cccc4ccc1c2c34. The lowest BCUT2D eigenvalue weighted by Crippen LogP contribution is -2.49.